The molecule has 0 amide bonds. The van der Waals surface area contributed by atoms with Crippen LogP contribution in [0.3, 0.4) is 0 Å². The number of methoxy groups -OCH3 is 1. The third-order valence-corrected chi connectivity index (χ3v) is 10.8. The van der Waals surface area contributed by atoms with Crippen molar-refractivity contribution in [3.63, 3.8) is 0 Å². The second-order valence-electron chi connectivity index (χ2n) is 12.2. The summed E-state index contributed by atoms with van der Waals surface area (Å²) in [6, 6.07) is 9.04. The molecular formula is C32H41BrN9O2P. The molecule has 0 atom stereocenters. The zero-order valence-corrected chi connectivity index (χ0v) is 29.0. The summed E-state index contributed by atoms with van der Waals surface area (Å²) in [6.45, 7) is 10.3. The summed E-state index contributed by atoms with van der Waals surface area (Å²) in [5.41, 5.74) is 5.05. The first-order valence-electron chi connectivity index (χ1n) is 15.4. The predicted molar refractivity (Wildman–Crippen MR) is 187 cm³/mol. The van der Waals surface area contributed by atoms with E-state index in [0.717, 1.165) is 56.8 Å². The molecular weight excluding hydrogens is 653 g/mol. The lowest BCUT2D eigenvalue weighted by molar-refractivity contribution is 0.0657. The third-order valence-electron chi connectivity index (χ3n) is 8.73. The van der Waals surface area contributed by atoms with Gasteiger partial charge < -0.3 is 30.2 Å². The van der Waals surface area contributed by atoms with E-state index in [2.05, 4.69) is 82.7 Å². The van der Waals surface area contributed by atoms with Crippen LogP contribution < -0.4 is 26.0 Å². The molecule has 2 aliphatic rings. The number of anilines is 5. The molecule has 11 nitrogen and oxygen atoms in total. The maximum Gasteiger partial charge on any atom is 0.229 e. The van der Waals surface area contributed by atoms with Crippen LogP contribution in [0.2, 0.25) is 0 Å². The minimum atomic E-state index is -2.73. The first-order chi connectivity index (χ1) is 21.6. The van der Waals surface area contributed by atoms with Gasteiger partial charge in [0.25, 0.3) is 0 Å². The van der Waals surface area contributed by atoms with Crippen LogP contribution in [0.4, 0.5) is 28.8 Å². The van der Waals surface area contributed by atoms with E-state index in [1.54, 1.807) is 39.0 Å². The van der Waals surface area contributed by atoms with Gasteiger partial charge in [0.2, 0.25) is 5.95 Å². The second-order valence-corrected chi connectivity index (χ2v) is 16.2. The van der Waals surface area contributed by atoms with Gasteiger partial charge in [0, 0.05) is 68.6 Å². The Morgan fingerprint density at radius 1 is 1.00 bits per heavy atom. The highest BCUT2D eigenvalue weighted by Crippen LogP contribution is 2.42. The number of likely N-dealkylation sites (N-methyl/N-ethyl adjacent to an activating group) is 1. The average Bonchev–Trinajstić information content (AvgIpc) is 3.00. The van der Waals surface area contributed by atoms with Crippen molar-refractivity contribution in [2.24, 2.45) is 0 Å². The van der Waals surface area contributed by atoms with E-state index < -0.39 is 7.14 Å². The molecule has 2 fully saturated rings. The van der Waals surface area contributed by atoms with Crippen molar-refractivity contribution in [1.29, 1.82) is 0 Å². The van der Waals surface area contributed by atoms with E-state index in [1.807, 2.05) is 12.1 Å². The minimum Gasteiger partial charge on any atom is -0.494 e. The Balaban J connectivity index is 1.20. The number of halogens is 1. The average molecular weight is 695 g/mol. The number of hydrogen-bond acceptors (Lipinski definition) is 11. The number of fused-ring (bicyclic) bond motifs is 1. The Labute approximate surface area is 273 Å². The topological polar surface area (TPSA) is 120 Å². The normalized spacial score (nSPS) is 19.2. The van der Waals surface area contributed by atoms with Crippen LogP contribution in [0.5, 0.6) is 5.75 Å². The first kappa shape index (κ1) is 31.7. The second kappa shape index (κ2) is 13.2. The van der Waals surface area contributed by atoms with Gasteiger partial charge in [-0.25, -0.2) is 4.98 Å². The molecule has 2 aromatic heterocycles. The summed E-state index contributed by atoms with van der Waals surface area (Å²) >= 11 is 3.58. The zero-order valence-electron chi connectivity index (χ0n) is 26.5. The summed E-state index contributed by atoms with van der Waals surface area (Å²) in [4.78, 5) is 23.2. The van der Waals surface area contributed by atoms with Crippen molar-refractivity contribution < 1.29 is 9.30 Å². The van der Waals surface area contributed by atoms with E-state index in [1.165, 1.54) is 5.56 Å². The van der Waals surface area contributed by atoms with Crippen molar-refractivity contribution >= 4 is 68.2 Å². The van der Waals surface area contributed by atoms with Crippen LogP contribution in [-0.4, -0.2) is 95.5 Å². The molecule has 4 aromatic rings. The molecule has 0 spiro atoms. The van der Waals surface area contributed by atoms with E-state index in [-0.39, 0.29) is 0 Å². The number of nitrogens with zero attached hydrogens (tertiary/aromatic N) is 6. The molecule has 0 unspecified atom stereocenters. The molecule has 13 heteroatoms. The lowest BCUT2D eigenvalue weighted by Gasteiger charge is -2.46. The number of benzene rings is 2. The number of piperazine rings is 1. The SMILES string of the molecule is CCc1cc(Nc2ncc(Br)c(Nc3ccc4nccnc4c3P(C)(C)=O)n2)c(OC)cc1NC1CC(N2CCN(C)CC2)C1. The number of rotatable bonds is 10. The molecule has 3 N–H and O–H groups in total. The van der Waals surface area contributed by atoms with Gasteiger partial charge >= 0.3 is 0 Å². The van der Waals surface area contributed by atoms with Gasteiger partial charge in [-0.3, -0.25) is 14.9 Å². The van der Waals surface area contributed by atoms with Crippen LogP contribution in [0, 0.1) is 0 Å². The summed E-state index contributed by atoms with van der Waals surface area (Å²) in [6.07, 6.45) is 8.12. The van der Waals surface area contributed by atoms with Gasteiger partial charge in [0.15, 0.2) is 0 Å². The lowest BCUT2D eigenvalue weighted by Crippen LogP contribution is -2.55. The van der Waals surface area contributed by atoms with Crippen molar-refractivity contribution in [2.45, 2.75) is 38.3 Å². The molecule has 238 valence electrons. The highest BCUT2D eigenvalue weighted by Gasteiger charge is 2.35. The number of aromatic nitrogens is 4. The van der Waals surface area contributed by atoms with Crippen molar-refractivity contribution in [1.82, 2.24) is 29.7 Å². The van der Waals surface area contributed by atoms with Crippen LogP contribution in [0.25, 0.3) is 11.0 Å². The van der Waals surface area contributed by atoms with Gasteiger partial charge in [0.1, 0.15) is 24.2 Å². The predicted octanol–water partition coefficient (Wildman–Crippen LogP) is 5.68. The van der Waals surface area contributed by atoms with E-state index in [9.17, 15) is 4.57 Å². The first-order valence-corrected chi connectivity index (χ1v) is 18.8. The minimum absolute atomic E-state index is 0.397. The molecule has 0 radical (unpaired) electrons. The van der Waals surface area contributed by atoms with Crippen LogP contribution >= 0.6 is 23.1 Å². The Bertz CT molecular complexity index is 1740. The summed E-state index contributed by atoms with van der Waals surface area (Å²) < 4.78 is 19.9. The largest absolute Gasteiger partial charge is 0.494 e. The fourth-order valence-corrected chi connectivity index (χ4v) is 7.84. The van der Waals surface area contributed by atoms with Crippen molar-refractivity contribution in [2.75, 3.05) is 69.6 Å². The molecule has 1 saturated carbocycles. The van der Waals surface area contributed by atoms with E-state index >= 15 is 0 Å². The summed E-state index contributed by atoms with van der Waals surface area (Å²) in [5.74, 6) is 1.63. The van der Waals surface area contributed by atoms with Gasteiger partial charge in [0.05, 0.1) is 33.8 Å². The quantitative estimate of drug-likeness (QED) is 0.178. The van der Waals surface area contributed by atoms with Crippen LogP contribution in [-0.2, 0) is 11.0 Å². The Morgan fingerprint density at radius 3 is 2.47 bits per heavy atom. The molecule has 1 aliphatic heterocycles. The Morgan fingerprint density at radius 2 is 1.76 bits per heavy atom. The van der Waals surface area contributed by atoms with Crippen LogP contribution in [0.15, 0.2) is 47.3 Å². The number of ether oxygens (including phenoxy) is 1. The van der Waals surface area contributed by atoms with E-state index in [0.29, 0.717) is 56.1 Å². The molecule has 45 heavy (non-hydrogen) atoms. The van der Waals surface area contributed by atoms with Gasteiger partial charge in [-0.05, 0) is 79.3 Å². The third kappa shape index (κ3) is 6.94. The highest BCUT2D eigenvalue weighted by atomic mass is 79.9. The standard InChI is InChI=1S/C32H41BrN9O2P/c1-6-20-15-27(28(44-3)18-26(20)37-21-16-22(17-21)42-13-11-41(2)12-14-42)39-32-36-19-23(33)31(40-32)38-25-8-7-24-29(35-10-9-34-24)30(25)45(4,5)43/h7-10,15,18-19,21-22,37H,6,11-14,16-17H2,1-5H3,(H2,36,38,39,40). The van der Waals surface area contributed by atoms with Gasteiger partial charge in [-0.2, -0.15) is 4.98 Å². The highest BCUT2D eigenvalue weighted by molar-refractivity contribution is 9.10. The maximum atomic E-state index is 13.4. The van der Waals surface area contributed by atoms with Gasteiger partial charge in [-0.15, -0.1) is 0 Å². The monoisotopic (exact) mass is 693 g/mol. The molecule has 3 heterocycles. The molecule has 1 aliphatic carbocycles. The molecule has 1 saturated heterocycles. The lowest BCUT2D eigenvalue weighted by atomic mass is 9.84. The van der Waals surface area contributed by atoms with E-state index in [4.69, 9.17) is 9.72 Å². The maximum absolute atomic E-state index is 13.4. The van der Waals surface area contributed by atoms with Crippen molar-refractivity contribution in [3.05, 3.63) is 52.9 Å². The Hall–Kier alpha value is -3.31. The Kier molecular flexibility index (Phi) is 9.29. The molecule has 2 aromatic carbocycles. The molecule has 6 rings (SSSR count). The zero-order chi connectivity index (χ0) is 31.7. The molecule has 0 bridgehead atoms. The summed E-state index contributed by atoms with van der Waals surface area (Å²) in [7, 11) is 1.15. The smallest absolute Gasteiger partial charge is 0.229 e. The number of hydrogen-bond donors (Lipinski definition) is 3. The van der Waals surface area contributed by atoms with Gasteiger partial charge in [-0.1, -0.05) is 6.92 Å². The summed E-state index contributed by atoms with van der Waals surface area (Å²) in [5, 5.41) is 11.2. The number of nitrogens with one attached hydrogen (secondary N) is 3. The van der Waals surface area contributed by atoms with Crippen molar-refractivity contribution in [3.8, 4) is 5.75 Å². The number of aryl methyl sites for hydroxylation is 1. The fourth-order valence-electron chi connectivity index (χ4n) is 6.16. The fraction of sp³-hybridized carbons (Fsp3) is 0.438. The van der Waals surface area contributed by atoms with Crippen LogP contribution in [0.1, 0.15) is 25.3 Å².